The Bertz CT molecular complexity index is 1230. The summed E-state index contributed by atoms with van der Waals surface area (Å²) in [5.74, 6) is 1.50. The number of aromatic nitrogens is 2. The van der Waals surface area contributed by atoms with Gasteiger partial charge in [-0.2, -0.15) is 0 Å². The summed E-state index contributed by atoms with van der Waals surface area (Å²) >= 11 is 0. The molecule has 2 aromatic carbocycles. The molecule has 1 atom stereocenters. The van der Waals surface area contributed by atoms with Crippen LogP contribution in [0.15, 0.2) is 60.9 Å². The number of piperidine rings is 1. The number of benzene rings is 2. The van der Waals surface area contributed by atoms with Crippen LogP contribution in [0.3, 0.4) is 0 Å². The SMILES string of the molecule is Cc1cccc(Oc2cncc([C@@H]3CCCN(C(=O)c4cccc(CN5CCCC5=O)c4)C3)n2)c1. The van der Waals surface area contributed by atoms with Crippen LogP contribution >= 0.6 is 0 Å². The van der Waals surface area contributed by atoms with Crippen LogP contribution in [0.4, 0.5) is 0 Å². The summed E-state index contributed by atoms with van der Waals surface area (Å²) in [6.07, 6.45) is 6.77. The van der Waals surface area contributed by atoms with Crippen LogP contribution in [-0.2, 0) is 11.3 Å². The lowest BCUT2D eigenvalue weighted by atomic mass is 9.94. The maximum absolute atomic E-state index is 13.4. The number of ether oxygens (including phenoxy) is 1. The summed E-state index contributed by atoms with van der Waals surface area (Å²) in [5.41, 5.74) is 3.61. The Balaban J connectivity index is 1.26. The molecule has 0 unspecified atom stereocenters. The van der Waals surface area contributed by atoms with E-state index in [2.05, 4.69) is 4.98 Å². The Hall–Kier alpha value is -3.74. The quantitative estimate of drug-likeness (QED) is 0.521. The molecular weight excluding hydrogens is 440 g/mol. The highest BCUT2D eigenvalue weighted by Gasteiger charge is 2.27. The number of carbonyl (C=O) groups is 2. The van der Waals surface area contributed by atoms with Crippen molar-refractivity contribution in [2.45, 2.75) is 45.1 Å². The van der Waals surface area contributed by atoms with Gasteiger partial charge in [0, 0.05) is 50.3 Å². The van der Waals surface area contributed by atoms with E-state index in [0.29, 0.717) is 31.0 Å². The second-order valence-corrected chi connectivity index (χ2v) is 9.41. The van der Waals surface area contributed by atoms with Crippen molar-refractivity contribution in [2.24, 2.45) is 0 Å². The molecule has 35 heavy (non-hydrogen) atoms. The lowest BCUT2D eigenvalue weighted by Crippen LogP contribution is -2.39. The molecule has 2 aliphatic rings. The molecule has 3 heterocycles. The van der Waals surface area contributed by atoms with Crippen molar-refractivity contribution in [1.82, 2.24) is 19.8 Å². The molecule has 2 fully saturated rings. The van der Waals surface area contributed by atoms with Gasteiger partial charge in [-0.3, -0.25) is 14.6 Å². The summed E-state index contributed by atoms with van der Waals surface area (Å²) in [4.78, 5) is 38.2. The average molecular weight is 471 g/mol. The van der Waals surface area contributed by atoms with Gasteiger partial charge >= 0.3 is 0 Å². The van der Waals surface area contributed by atoms with Crippen molar-refractivity contribution in [1.29, 1.82) is 0 Å². The molecule has 7 heteroatoms. The van der Waals surface area contributed by atoms with E-state index in [1.165, 1.54) is 0 Å². The van der Waals surface area contributed by atoms with E-state index < -0.39 is 0 Å². The topological polar surface area (TPSA) is 75.6 Å². The van der Waals surface area contributed by atoms with Crippen molar-refractivity contribution in [3.8, 4) is 11.6 Å². The van der Waals surface area contributed by atoms with Gasteiger partial charge in [0.2, 0.25) is 11.8 Å². The monoisotopic (exact) mass is 470 g/mol. The van der Waals surface area contributed by atoms with E-state index in [-0.39, 0.29) is 17.7 Å². The molecule has 1 aromatic heterocycles. The highest BCUT2D eigenvalue weighted by atomic mass is 16.5. The van der Waals surface area contributed by atoms with Gasteiger partial charge < -0.3 is 14.5 Å². The number of amides is 2. The minimum Gasteiger partial charge on any atom is -0.437 e. The van der Waals surface area contributed by atoms with Gasteiger partial charge in [0.1, 0.15) is 5.75 Å². The Morgan fingerprint density at radius 3 is 2.80 bits per heavy atom. The average Bonchev–Trinajstić information content (AvgIpc) is 3.28. The van der Waals surface area contributed by atoms with E-state index >= 15 is 0 Å². The fourth-order valence-electron chi connectivity index (χ4n) is 4.89. The van der Waals surface area contributed by atoms with E-state index in [1.807, 2.05) is 65.3 Å². The summed E-state index contributed by atoms with van der Waals surface area (Å²) in [7, 11) is 0. The Morgan fingerprint density at radius 1 is 1.09 bits per heavy atom. The molecular formula is C28H30N4O3. The number of hydrogen-bond donors (Lipinski definition) is 0. The second-order valence-electron chi connectivity index (χ2n) is 9.41. The van der Waals surface area contributed by atoms with Gasteiger partial charge in [0.15, 0.2) is 0 Å². The molecule has 0 bridgehead atoms. The zero-order chi connectivity index (χ0) is 24.2. The second kappa shape index (κ2) is 10.3. The molecule has 3 aromatic rings. The Morgan fingerprint density at radius 2 is 1.97 bits per heavy atom. The number of nitrogens with zero attached hydrogens (tertiary/aromatic N) is 4. The van der Waals surface area contributed by atoms with E-state index in [9.17, 15) is 9.59 Å². The summed E-state index contributed by atoms with van der Waals surface area (Å²) in [6, 6.07) is 15.5. The summed E-state index contributed by atoms with van der Waals surface area (Å²) in [6.45, 7) is 4.68. The predicted octanol–water partition coefficient (Wildman–Crippen LogP) is 4.72. The number of likely N-dealkylation sites (tertiary alicyclic amines) is 2. The molecule has 2 amide bonds. The minimum atomic E-state index is 0.0180. The fourth-order valence-corrected chi connectivity index (χ4v) is 4.89. The number of hydrogen-bond acceptors (Lipinski definition) is 5. The van der Waals surface area contributed by atoms with E-state index in [1.54, 1.807) is 12.4 Å². The Kier molecular flexibility index (Phi) is 6.75. The zero-order valence-electron chi connectivity index (χ0n) is 20.0. The van der Waals surface area contributed by atoms with Crippen molar-refractivity contribution in [3.63, 3.8) is 0 Å². The number of rotatable bonds is 6. The third-order valence-corrected chi connectivity index (χ3v) is 6.69. The third-order valence-electron chi connectivity index (χ3n) is 6.69. The normalized spacial score (nSPS) is 18.1. The van der Waals surface area contributed by atoms with Gasteiger partial charge in [0.25, 0.3) is 5.91 Å². The maximum atomic E-state index is 13.4. The molecule has 0 spiro atoms. The molecule has 7 nitrogen and oxygen atoms in total. The minimum absolute atomic E-state index is 0.0180. The van der Waals surface area contributed by atoms with Crippen molar-refractivity contribution in [3.05, 3.63) is 83.3 Å². The standard InChI is InChI=1S/C28H30N4O3/c1-20-6-2-10-24(14-20)35-26-17-29-16-25(30-26)23-9-4-13-32(19-23)28(34)22-8-3-7-21(15-22)18-31-12-5-11-27(31)33/h2-3,6-8,10,14-17,23H,4-5,9,11-13,18-19H2,1H3/t23-/m1/s1. The van der Waals surface area contributed by atoms with Crippen molar-refractivity contribution < 1.29 is 14.3 Å². The molecule has 180 valence electrons. The highest BCUT2D eigenvalue weighted by molar-refractivity contribution is 5.94. The first-order valence-corrected chi connectivity index (χ1v) is 12.3. The third kappa shape index (κ3) is 5.50. The molecule has 2 saturated heterocycles. The summed E-state index contributed by atoms with van der Waals surface area (Å²) < 4.78 is 5.93. The largest absolute Gasteiger partial charge is 0.437 e. The van der Waals surface area contributed by atoms with Crippen LogP contribution in [0, 0.1) is 6.92 Å². The van der Waals surface area contributed by atoms with Gasteiger partial charge in [-0.05, 0) is 61.6 Å². The van der Waals surface area contributed by atoms with Gasteiger partial charge in [-0.15, -0.1) is 0 Å². The smallest absolute Gasteiger partial charge is 0.253 e. The Labute approximate surface area is 205 Å². The number of carbonyl (C=O) groups excluding carboxylic acids is 2. The van der Waals surface area contributed by atoms with Gasteiger partial charge in [0.05, 0.1) is 11.9 Å². The van der Waals surface area contributed by atoms with Crippen LogP contribution in [-0.4, -0.2) is 51.2 Å². The van der Waals surface area contributed by atoms with Crippen LogP contribution in [0.25, 0.3) is 0 Å². The lowest BCUT2D eigenvalue weighted by molar-refractivity contribution is -0.128. The summed E-state index contributed by atoms with van der Waals surface area (Å²) in [5, 5.41) is 0. The fraction of sp³-hybridized carbons (Fsp3) is 0.357. The van der Waals surface area contributed by atoms with Gasteiger partial charge in [-0.1, -0.05) is 24.3 Å². The first kappa shape index (κ1) is 23.0. The molecule has 2 aliphatic heterocycles. The van der Waals surface area contributed by atoms with E-state index in [0.717, 1.165) is 54.9 Å². The molecule has 0 aliphatic carbocycles. The maximum Gasteiger partial charge on any atom is 0.253 e. The van der Waals surface area contributed by atoms with Crippen LogP contribution in [0.5, 0.6) is 11.6 Å². The lowest BCUT2D eigenvalue weighted by Gasteiger charge is -2.32. The number of aryl methyl sites for hydroxylation is 1. The van der Waals surface area contributed by atoms with Crippen LogP contribution in [0.1, 0.15) is 58.8 Å². The predicted molar refractivity (Wildman–Crippen MR) is 132 cm³/mol. The van der Waals surface area contributed by atoms with Crippen LogP contribution in [0.2, 0.25) is 0 Å². The molecule has 0 saturated carbocycles. The van der Waals surface area contributed by atoms with Crippen LogP contribution < -0.4 is 4.74 Å². The molecule has 0 radical (unpaired) electrons. The van der Waals surface area contributed by atoms with Crippen molar-refractivity contribution in [2.75, 3.05) is 19.6 Å². The molecule has 5 rings (SSSR count). The highest BCUT2D eigenvalue weighted by Crippen LogP contribution is 2.28. The van der Waals surface area contributed by atoms with E-state index in [4.69, 9.17) is 9.72 Å². The zero-order valence-corrected chi connectivity index (χ0v) is 20.0. The first-order chi connectivity index (χ1) is 17.0. The van der Waals surface area contributed by atoms with Gasteiger partial charge in [-0.25, -0.2) is 4.98 Å². The first-order valence-electron chi connectivity index (χ1n) is 12.3. The molecule has 0 N–H and O–H groups in total. The van der Waals surface area contributed by atoms with Crippen molar-refractivity contribution >= 4 is 11.8 Å².